The van der Waals surface area contributed by atoms with Crippen molar-refractivity contribution in [3.63, 3.8) is 0 Å². The first-order valence-corrected chi connectivity index (χ1v) is 8.42. The monoisotopic (exact) mass is 298 g/mol. The summed E-state index contributed by atoms with van der Waals surface area (Å²) < 4.78 is 25.2. The van der Waals surface area contributed by atoms with Gasteiger partial charge in [-0.1, -0.05) is 19.1 Å². The van der Waals surface area contributed by atoms with Gasteiger partial charge in [0, 0.05) is 13.0 Å². The Balaban J connectivity index is 2.96. The zero-order valence-electron chi connectivity index (χ0n) is 12.4. The van der Waals surface area contributed by atoms with E-state index in [1.807, 2.05) is 32.0 Å². The third kappa shape index (κ3) is 4.52. The average Bonchev–Trinajstić information content (AvgIpc) is 2.36. The number of amides is 1. The first kappa shape index (κ1) is 16.5. The van der Waals surface area contributed by atoms with Crippen molar-refractivity contribution >= 4 is 21.6 Å². The Labute approximate surface area is 121 Å². The number of sulfonamides is 1. The molecule has 0 saturated carbocycles. The van der Waals surface area contributed by atoms with Crippen molar-refractivity contribution in [3.05, 3.63) is 29.3 Å². The molecule has 0 atom stereocenters. The van der Waals surface area contributed by atoms with Crippen LogP contribution in [0.25, 0.3) is 0 Å². The van der Waals surface area contributed by atoms with Gasteiger partial charge in [0.25, 0.3) is 0 Å². The molecule has 0 saturated heterocycles. The topological polar surface area (TPSA) is 66.5 Å². The Hall–Kier alpha value is -1.56. The summed E-state index contributed by atoms with van der Waals surface area (Å²) in [7, 11) is -3.38. The van der Waals surface area contributed by atoms with Crippen molar-refractivity contribution in [2.75, 3.05) is 23.7 Å². The van der Waals surface area contributed by atoms with Crippen LogP contribution < -0.4 is 9.62 Å². The van der Waals surface area contributed by atoms with E-state index >= 15 is 0 Å². The largest absolute Gasteiger partial charge is 0.354 e. The molecule has 0 bridgehead atoms. The molecule has 1 aromatic carbocycles. The van der Waals surface area contributed by atoms with Crippen LogP contribution in [0.5, 0.6) is 0 Å². The van der Waals surface area contributed by atoms with Crippen molar-refractivity contribution in [2.24, 2.45) is 0 Å². The number of nitrogens with one attached hydrogen (secondary N) is 1. The third-order valence-electron chi connectivity index (χ3n) is 2.99. The zero-order chi connectivity index (χ0) is 15.3. The maximum absolute atomic E-state index is 12.0. The lowest BCUT2D eigenvalue weighted by Crippen LogP contribution is -2.38. The van der Waals surface area contributed by atoms with Crippen LogP contribution in [-0.4, -0.2) is 33.7 Å². The minimum Gasteiger partial charge on any atom is -0.354 e. The molecule has 1 aromatic rings. The minimum atomic E-state index is -3.38. The lowest BCUT2D eigenvalue weighted by molar-refractivity contribution is -0.120. The average molecular weight is 298 g/mol. The second-order valence-corrected chi connectivity index (χ2v) is 6.74. The van der Waals surface area contributed by atoms with Gasteiger partial charge in [-0.05, 0) is 31.0 Å². The molecule has 1 amide bonds. The molecular weight excluding hydrogens is 276 g/mol. The van der Waals surface area contributed by atoms with Gasteiger partial charge in [0.05, 0.1) is 18.5 Å². The second-order valence-electron chi connectivity index (χ2n) is 4.83. The Morgan fingerprint density at radius 2 is 1.95 bits per heavy atom. The molecule has 0 spiro atoms. The summed E-state index contributed by atoms with van der Waals surface area (Å²) in [5.74, 6) is -0.0839. The van der Waals surface area contributed by atoms with Crippen molar-refractivity contribution < 1.29 is 13.2 Å². The molecule has 0 aliphatic carbocycles. The van der Waals surface area contributed by atoms with E-state index in [-0.39, 0.29) is 12.5 Å². The number of carbonyl (C=O) groups excluding carboxylic acids is 1. The molecule has 0 aliphatic rings. The lowest BCUT2D eigenvalue weighted by atomic mass is 10.1. The SMILES string of the molecule is CCC(=O)NCCN(c1cc(C)ccc1C)S(C)(=O)=O. The predicted octanol–water partition coefficient (Wildman–Crippen LogP) is 1.60. The third-order valence-corrected chi connectivity index (χ3v) is 4.17. The van der Waals surface area contributed by atoms with Crippen molar-refractivity contribution in [1.82, 2.24) is 5.32 Å². The number of hydrogen-bond donors (Lipinski definition) is 1. The summed E-state index contributed by atoms with van der Waals surface area (Å²) in [6.45, 7) is 6.08. The number of aryl methyl sites for hydroxylation is 2. The van der Waals surface area contributed by atoms with Gasteiger partial charge in [-0.25, -0.2) is 8.42 Å². The molecule has 0 unspecified atom stereocenters. The smallest absolute Gasteiger partial charge is 0.232 e. The van der Waals surface area contributed by atoms with E-state index < -0.39 is 10.0 Å². The zero-order valence-corrected chi connectivity index (χ0v) is 13.3. The van der Waals surface area contributed by atoms with E-state index in [0.717, 1.165) is 11.1 Å². The van der Waals surface area contributed by atoms with E-state index in [4.69, 9.17) is 0 Å². The fraction of sp³-hybridized carbons (Fsp3) is 0.500. The molecule has 5 nitrogen and oxygen atoms in total. The summed E-state index contributed by atoms with van der Waals surface area (Å²) in [4.78, 5) is 11.2. The molecule has 6 heteroatoms. The van der Waals surface area contributed by atoms with Crippen LogP contribution in [0, 0.1) is 13.8 Å². The highest BCUT2D eigenvalue weighted by Gasteiger charge is 2.19. The van der Waals surface area contributed by atoms with E-state index in [2.05, 4.69) is 5.32 Å². The minimum absolute atomic E-state index is 0.0839. The fourth-order valence-corrected chi connectivity index (χ4v) is 2.85. The number of carbonyl (C=O) groups is 1. The Bertz CT molecular complexity index is 582. The maximum atomic E-state index is 12.0. The molecule has 0 heterocycles. The molecule has 0 aromatic heterocycles. The molecule has 112 valence electrons. The Kier molecular flexibility index (Phi) is 5.56. The Morgan fingerprint density at radius 1 is 1.30 bits per heavy atom. The van der Waals surface area contributed by atoms with Crippen molar-refractivity contribution in [3.8, 4) is 0 Å². The molecular formula is C14H22N2O3S. The second kappa shape index (κ2) is 6.74. The molecule has 0 radical (unpaired) electrons. The molecule has 1 N–H and O–H groups in total. The van der Waals surface area contributed by atoms with E-state index in [0.29, 0.717) is 18.7 Å². The quantitative estimate of drug-likeness (QED) is 0.867. The summed E-state index contributed by atoms with van der Waals surface area (Å²) in [5, 5.41) is 2.69. The number of nitrogens with zero attached hydrogens (tertiary/aromatic N) is 1. The Morgan fingerprint density at radius 3 is 2.50 bits per heavy atom. The van der Waals surface area contributed by atoms with Gasteiger partial charge in [0.15, 0.2) is 0 Å². The van der Waals surface area contributed by atoms with Crippen LogP contribution >= 0.6 is 0 Å². The van der Waals surface area contributed by atoms with E-state index in [9.17, 15) is 13.2 Å². The first-order chi connectivity index (χ1) is 9.25. The normalized spacial score (nSPS) is 11.2. The van der Waals surface area contributed by atoms with Crippen LogP contribution in [0.4, 0.5) is 5.69 Å². The van der Waals surface area contributed by atoms with Crippen LogP contribution in [0.15, 0.2) is 18.2 Å². The van der Waals surface area contributed by atoms with Crippen LogP contribution in [-0.2, 0) is 14.8 Å². The standard InChI is InChI=1S/C14H22N2O3S/c1-5-14(17)15-8-9-16(20(4,18)19)13-10-11(2)6-7-12(13)3/h6-7,10H,5,8-9H2,1-4H3,(H,15,17). The highest BCUT2D eigenvalue weighted by Crippen LogP contribution is 2.23. The maximum Gasteiger partial charge on any atom is 0.232 e. The van der Waals surface area contributed by atoms with Gasteiger partial charge in [0.2, 0.25) is 15.9 Å². The fourth-order valence-electron chi connectivity index (χ4n) is 1.87. The number of hydrogen-bond acceptors (Lipinski definition) is 3. The number of anilines is 1. The summed E-state index contributed by atoms with van der Waals surface area (Å²) in [5.41, 5.74) is 2.55. The number of rotatable bonds is 6. The summed E-state index contributed by atoms with van der Waals surface area (Å²) in [6.07, 6.45) is 1.57. The predicted molar refractivity (Wildman–Crippen MR) is 81.4 cm³/mol. The van der Waals surface area contributed by atoms with E-state index in [1.54, 1.807) is 6.92 Å². The molecule has 1 rings (SSSR count). The summed E-state index contributed by atoms with van der Waals surface area (Å²) in [6, 6.07) is 5.68. The van der Waals surface area contributed by atoms with Gasteiger partial charge in [0.1, 0.15) is 0 Å². The van der Waals surface area contributed by atoms with E-state index in [1.165, 1.54) is 10.6 Å². The van der Waals surface area contributed by atoms with Gasteiger partial charge in [-0.3, -0.25) is 9.10 Å². The van der Waals surface area contributed by atoms with Crippen LogP contribution in [0.2, 0.25) is 0 Å². The van der Waals surface area contributed by atoms with Crippen LogP contribution in [0.1, 0.15) is 24.5 Å². The molecule has 0 fully saturated rings. The van der Waals surface area contributed by atoms with Gasteiger partial charge in [-0.2, -0.15) is 0 Å². The summed E-state index contributed by atoms with van der Waals surface area (Å²) >= 11 is 0. The van der Waals surface area contributed by atoms with Crippen molar-refractivity contribution in [1.29, 1.82) is 0 Å². The van der Waals surface area contributed by atoms with Gasteiger partial charge in [-0.15, -0.1) is 0 Å². The van der Waals surface area contributed by atoms with Crippen molar-refractivity contribution in [2.45, 2.75) is 27.2 Å². The van der Waals surface area contributed by atoms with Gasteiger partial charge >= 0.3 is 0 Å². The molecule has 20 heavy (non-hydrogen) atoms. The van der Waals surface area contributed by atoms with Gasteiger partial charge < -0.3 is 5.32 Å². The highest BCUT2D eigenvalue weighted by atomic mass is 32.2. The van der Waals surface area contributed by atoms with Crippen LogP contribution in [0.3, 0.4) is 0 Å². The lowest BCUT2D eigenvalue weighted by Gasteiger charge is -2.24. The number of benzene rings is 1. The first-order valence-electron chi connectivity index (χ1n) is 6.57. The molecule has 0 aliphatic heterocycles. The highest BCUT2D eigenvalue weighted by molar-refractivity contribution is 7.92.